The van der Waals surface area contributed by atoms with E-state index in [1.165, 1.54) is 14.2 Å². The van der Waals surface area contributed by atoms with Gasteiger partial charge < -0.3 is 14.4 Å². The predicted molar refractivity (Wildman–Crippen MR) is 111 cm³/mol. The number of hydrogen-bond acceptors (Lipinski definition) is 5. The Morgan fingerprint density at radius 3 is 2.36 bits per heavy atom. The van der Waals surface area contributed by atoms with E-state index in [1.54, 1.807) is 42.2 Å². The van der Waals surface area contributed by atoms with Crippen LogP contribution in [0.2, 0.25) is 0 Å². The molecule has 2 aromatic carbocycles. The van der Waals surface area contributed by atoms with Gasteiger partial charge in [0.2, 0.25) is 5.91 Å². The first-order valence-electron chi connectivity index (χ1n) is 8.67. The zero-order chi connectivity index (χ0) is 20.5. The van der Waals surface area contributed by atoms with Crippen LogP contribution >= 0.6 is 15.9 Å². The van der Waals surface area contributed by atoms with E-state index >= 15 is 0 Å². The molecule has 7 nitrogen and oxygen atoms in total. The minimum atomic E-state index is -3.92. The number of rotatable bonds is 6. The van der Waals surface area contributed by atoms with Crippen molar-refractivity contribution in [2.75, 3.05) is 30.4 Å². The van der Waals surface area contributed by atoms with Crippen molar-refractivity contribution in [3.8, 4) is 11.5 Å². The van der Waals surface area contributed by atoms with Crippen molar-refractivity contribution in [1.82, 2.24) is 0 Å². The number of amides is 1. The molecule has 1 heterocycles. The molecule has 9 heteroatoms. The standard InChI is InChI=1S/C19H21BrN2O5S/c1-4-19(23)22-6-5-12-7-16(20)18(11-17(12)22)28(24,25)21-13-8-14(26-2)10-15(9-13)27-3/h7-11,21H,4-6H2,1-3H3. The van der Waals surface area contributed by atoms with Crippen LogP contribution in [0, 0.1) is 0 Å². The molecule has 0 saturated heterocycles. The molecule has 0 fully saturated rings. The van der Waals surface area contributed by atoms with Crippen molar-refractivity contribution < 1.29 is 22.7 Å². The molecule has 0 aliphatic carbocycles. The number of carbonyl (C=O) groups is 1. The number of benzene rings is 2. The first-order valence-corrected chi connectivity index (χ1v) is 11.0. The molecule has 3 rings (SSSR count). The topological polar surface area (TPSA) is 84.9 Å². The van der Waals surface area contributed by atoms with E-state index in [2.05, 4.69) is 20.7 Å². The van der Waals surface area contributed by atoms with Crippen LogP contribution in [0.5, 0.6) is 11.5 Å². The van der Waals surface area contributed by atoms with Gasteiger partial charge in [0.25, 0.3) is 10.0 Å². The van der Waals surface area contributed by atoms with Crippen molar-refractivity contribution in [2.24, 2.45) is 0 Å². The lowest BCUT2D eigenvalue weighted by Crippen LogP contribution is -2.28. The summed E-state index contributed by atoms with van der Waals surface area (Å²) in [6.07, 6.45) is 1.06. The highest BCUT2D eigenvalue weighted by atomic mass is 79.9. The van der Waals surface area contributed by atoms with Gasteiger partial charge in [0.15, 0.2) is 0 Å². The van der Waals surface area contributed by atoms with E-state index in [9.17, 15) is 13.2 Å². The fraction of sp³-hybridized carbons (Fsp3) is 0.316. The van der Waals surface area contributed by atoms with E-state index < -0.39 is 10.0 Å². The van der Waals surface area contributed by atoms with Crippen LogP contribution in [0.3, 0.4) is 0 Å². The first kappa shape index (κ1) is 20.5. The van der Waals surface area contributed by atoms with E-state index in [0.29, 0.717) is 46.7 Å². The number of nitrogens with zero attached hydrogens (tertiary/aromatic N) is 1. The molecule has 28 heavy (non-hydrogen) atoms. The first-order chi connectivity index (χ1) is 13.3. The molecule has 0 saturated carbocycles. The summed E-state index contributed by atoms with van der Waals surface area (Å²) in [5, 5.41) is 0. The SMILES string of the molecule is CCC(=O)N1CCc2cc(Br)c(S(=O)(=O)Nc3cc(OC)cc(OC)c3)cc21. The molecule has 1 aliphatic heterocycles. The second kappa shape index (κ2) is 8.00. The molecule has 0 aromatic heterocycles. The van der Waals surface area contributed by atoms with Crippen LogP contribution in [0.25, 0.3) is 0 Å². The third-order valence-electron chi connectivity index (χ3n) is 4.53. The van der Waals surface area contributed by atoms with Crippen LogP contribution < -0.4 is 19.1 Å². The number of ether oxygens (including phenoxy) is 2. The summed E-state index contributed by atoms with van der Waals surface area (Å²) in [5.74, 6) is 0.893. The number of sulfonamides is 1. The number of nitrogens with one attached hydrogen (secondary N) is 1. The number of halogens is 1. The Hall–Kier alpha value is -2.26. The maximum Gasteiger partial charge on any atom is 0.263 e. The highest BCUT2D eigenvalue weighted by Gasteiger charge is 2.28. The van der Waals surface area contributed by atoms with Crippen molar-refractivity contribution in [1.29, 1.82) is 0 Å². The Balaban J connectivity index is 2.00. The summed E-state index contributed by atoms with van der Waals surface area (Å²) < 4.78 is 39.5. The van der Waals surface area contributed by atoms with E-state index in [-0.39, 0.29) is 10.8 Å². The quantitative estimate of drug-likeness (QED) is 0.700. The second-order valence-electron chi connectivity index (χ2n) is 6.27. The number of methoxy groups -OCH3 is 2. The summed E-state index contributed by atoms with van der Waals surface area (Å²) in [6.45, 7) is 2.34. The minimum Gasteiger partial charge on any atom is -0.497 e. The van der Waals surface area contributed by atoms with Gasteiger partial charge in [-0.3, -0.25) is 9.52 Å². The largest absolute Gasteiger partial charge is 0.497 e. The van der Waals surface area contributed by atoms with Crippen LogP contribution in [0.1, 0.15) is 18.9 Å². The third-order valence-corrected chi connectivity index (χ3v) is 6.87. The highest BCUT2D eigenvalue weighted by molar-refractivity contribution is 9.10. The van der Waals surface area contributed by atoms with Crippen LogP contribution in [0.15, 0.2) is 39.7 Å². The van der Waals surface area contributed by atoms with Crippen LogP contribution in [-0.2, 0) is 21.2 Å². The predicted octanol–water partition coefficient (Wildman–Crippen LogP) is 3.57. The fourth-order valence-corrected chi connectivity index (χ4v) is 5.27. The van der Waals surface area contributed by atoms with Gasteiger partial charge in [-0.15, -0.1) is 0 Å². The Labute approximate surface area is 172 Å². The van der Waals surface area contributed by atoms with Crippen LogP contribution in [0.4, 0.5) is 11.4 Å². The Morgan fingerprint density at radius 2 is 1.79 bits per heavy atom. The average Bonchev–Trinajstić information content (AvgIpc) is 3.08. The smallest absolute Gasteiger partial charge is 0.263 e. The Morgan fingerprint density at radius 1 is 1.14 bits per heavy atom. The van der Waals surface area contributed by atoms with Gasteiger partial charge in [-0.25, -0.2) is 8.42 Å². The van der Waals surface area contributed by atoms with Crippen molar-refractivity contribution in [3.63, 3.8) is 0 Å². The summed E-state index contributed by atoms with van der Waals surface area (Å²) in [4.78, 5) is 13.9. The maximum absolute atomic E-state index is 13.0. The molecule has 0 radical (unpaired) electrons. The molecule has 1 aliphatic rings. The van der Waals surface area contributed by atoms with Gasteiger partial charge >= 0.3 is 0 Å². The molecule has 1 amide bonds. The normalized spacial score (nSPS) is 13.2. The highest BCUT2D eigenvalue weighted by Crippen LogP contribution is 2.37. The molecule has 0 unspecified atom stereocenters. The second-order valence-corrected chi connectivity index (χ2v) is 8.77. The average molecular weight is 469 g/mol. The maximum atomic E-state index is 13.0. The summed E-state index contributed by atoms with van der Waals surface area (Å²) in [7, 11) is -0.938. The molecule has 0 atom stereocenters. The van der Waals surface area contributed by atoms with E-state index in [0.717, 1.165) is 5.56 Å². The van der Waals surface area contributed by atoms with Gasteiger partial charge in [0.1, 0.15) is 16.4 Å². The molecular formula is C19H21BrN2O5S. The Bertz CT molecular complexity index is 1000. The zero-order valence-electron chi connectivity index (χ0n) is 15.8. The number of hydrogen-bond donors (Lipinski definition) is 1. The molecule has 2 aromatic rings. The van der Waals surface area contributed by atoms with Gasteiger partial charge in [-0.1, -0.05) is 6.92 Å². The lowest BCUT2D eigenvalue weighted by Gasteiger charge is -2.18. The Kier molecular flexibility index (Phi) is 5.85. The molecule has 0 bridgehead atoms. The fourth-order valence-electron chi connectivity index (χ4n) is 3.12. The minimum absolute atomic E-state index is 0.0325. The molecule has 1 N–H and O–H groups in total. The number of anilines is 2. The van der Waals surface area contributed by atoms with Crippen molar-refractivity contribution in [3.05, 3.63) is 40.4 Å². The van der Waals surface area contributed by atoms with E-state index in [4.69, 9.17) is 9.47 Å². The van der Waals surface area contributed by atoms with Gasteiger partial charge in [0, 0.05) is 41.3 Å². The summed E-state index contributed by atoms with van der Waals surface area (Å²) >= 11 is 3.36. The zero-order valence-corrected chi connectivity index (χ0v) is 18.2. The van der Waals surface area contributed by atoms with Gasteiger partial charge in [-0.05, 0) is 40.0 Å². The lowest BCUT2D eigenvalue weighted by molar-refractivity contribution is -0.118. The number of fused-ring (bicyclic) bond motifs is 1. The number of carbonyl (C=O) groups excluding carboxylic acids is 1. The lowest BCUT2D eigenvalue weighted by atomic mass is 10.2. The van der Waals surface area contributed by atoms with Crippen molar-refractivity contribution >= 4 is 43.2 Å². The molecular weight excluding hydrogens is 448 g/mol. The molecule has 150 valence electrons. The van der Waals surface area contributed by atoms with Gasteiger partial charge in [0.05, 0.1) is 19.9 Å². The van der Waals surface area contributed by atoms with Gasteiger partial charge in [-0.2, -0.15) is 0 Å². The van der Waals surface area contributed by atoms with E-state index in [1.807, 2.05) is 0 Å². The van der Waals surface area contributed by atoms with Crippen LogP contribution in [-0.4, -0.2) is 35.1 Å². The summed E-state index contributed by atoms with van der Waals surface area (Å²) in [6, 6.07) is 8.08. The van der Waals surface area contributed by atoms with Crippen molar-refractivity contribution in [2.45, 2.75) is 24.7 Å². The monoisotopic (exact) mass is 468 g/mol. The molecule has 0 spiro atoms. The third kappa shape index (κ3) is 3.95. The summed E-state index contributed by atoms with van der Waals surface area (Å²) in [5.41, 5.74) is 1.89.